The fourth-order valence-electron chi connectivity index (χ4n) is 2.32. The summed E-state index contributed by atoms with van der Waals surface area (Å²) >= 11 is 0. The molecule has 0 saturated carbocycles. The van der Waals surface area contributed by atoms with Crippen molar-refractivity contribution in [3.8, 4) is 23.0 Å². The minimum absolute atomic E-state index is 0.131. The molecule has 164 valence electrons. The number of carbonyl (C=O) groups is 1. The first kappa shape index (κ1) is 24.3. The first-order valence-electron chi connectivity index (χ1n) is 8.37. The highest BCUT2D eigenvalue weighted by molar-refractivity contribution is 6.58. The topological polar surface area (TPSA) is 65.0 Å². The molecule has 0 radical (unpaired) electrons. The average Bonchev–Trinajstić information content (AvgIpc) is 2.54. The Bertz CT molecular complexity index is 987. The van der Waals surface area contributed by atoms with Crippen molar-refractivity contribution in [2.24, 2.45) is 0 Å². The predicted molar refractivity (Wildman–Crippen MR) is 101 cm³/mol. The van der Waals surface area contributed by atoms with Gasteiger partial charge in [-0.05, 0) is 24.3 Å². The molecule has 0 aromatic heterocycles. The summed E-state index contributed by atoms with van der Waals surface area (Å²) in [5.41, 5.74) is -2.73. The zero-order chi connectivity index (χ0) is 23.8. The van der Waals surface area contributed by atoms with Crippen molar-refractivity contribution < 1.29 is 54.8 Å². The minimum atomic E-state index is -5.16. The second-order valence-electron chi connectivity index (χ2n) is 7.10. The summed E-state index contributed by atoms with van der Waals surface area (Å²) in [6.07, 6.45) is -10.2. The average molecular weight is 450 g/mol. The van der Waals surface area contributed by atoms with E-state index in [0.717, 1.165) is 18.2 Å². The smallest absolute Gasteiger partial charge is 0.510 e. The Balaban J connectivity index is 2.59. The monoisotopic (exact) mass is 450 g/mol. The van der Waals surface area contributed by atoms with Crippen molar-refractivity contribution in [2.75, 3.05) is 0 Å². The standard InChI is InChI=1S/C16H12B3F7O5/c17-15(18,19)31-12-3-6(30-16(24,25)26)1-2-10(12)29-11-5-8(14(21,22)23)9(20)4-7(11)13(27)28/h1-5H,17-19H2,(H,27,28). The molecule has 5 nitrogen and oxygen atoms in total. The number of rotatable bonds is 6. The maximum Gasteiger partial charge on any atom is 0.573 e. The Hall–Kier alpha value is -2.99. The van der Waals surface area contributed by atoms with Crippen LogP contribution in [0, 0.1) is 5.82 Å². The summed E-state index contributed by atoms with van der Waals surface area (Å²) in [4.78, 5) is 11.3. The van der Waals surface area contributed by atoms with Crippen molar-refractivity contribution in [1.29, 1.82) is 0 Å². The molecule has 0 unspecified atom stereocenters. The summed E-state index contributed by atoms with van der Waals surface area (Å²) in [7, 11) is 4.57. The Morgan fingerprint density at radius 1 is 0.871 bits per heavy atom. The zero-order valence-corrected chi connectivity index (χ0v) is 16.1. The quantitative estimate of drug-likeness (QED) is 0.541. The molecule has 2 aromatic carbocycles. The fourth-order valence-corrected chi connectivity index (χ4v) is 2.32. The molecule has 2 aromatic rings. The van der Waals surface area contributed by atoms with Gasteiger partial charge in [-0.3, -0.25) is 0 Å². The Labute approximate surface area is 173 Å². The van der Waals surface area contributed by atoms with Crippen LogP contribution >= 0.6 is 0 Å². The number of carboxylic acids is 1. The van der Waals surface area contributed by atoms with Gasteiger partial charge in [0.15, 0.2) is 11.5 Å². The molecule has 0 saturated heterocycles. The molecular weight excluding hydrogens is 438 g/mol. The molecule has 1 N–H and O–H groups in total. The highest BCUT2D eigenvalue weighted by Gasteiger charge is 2.36. The lowest BCUT2D eigenvalue weighted by molar-refractivity contribution is -0.274. The molecule has 0 atom stereocenters. The Morgan fingerprint density at radius 2 is 1.48 bits per heavy atom. The van der Waals surface area contributed by atoms with E-state index in [0.29, 0.717) is 0 Å². The zero-order valence-electron chi connectivity index (χ0n) is 16.1. The van der Waals surface area contributed by atoms with Gasteiger partial charge in [-0.1, -0.05) is 0 Å². The summed E-state index contributed by atoms with van der Waals surface area (Å²) in [5, 5.41) is 8.19. The lowest BCUT2D eigenvalue weighted by Crippen LogP contribution is -2.37. The van der Waals surface area contributed by atoms with Crippen molar-refractivity contribution in [3.05, 3.63) is 47.3 Å². The van der Waals surface area contributed by atoms with E-state index in [2.05, 4.69) is 4.74 Å². The van der Waals surface area contributed by atoms with Crippen LogP contribution in [-0.2, 0) is 6.18 Å². The van der Waals surface area contributed by atoms with E-state index in [1.54, 1.807) is 0 Å². The second-order valence-corrected chi connectivity index (χ2v) is 7.10. The number of ether oxygens (including phenoxy) is 3. The molecule has 0 aliphatic heterocycles. The summed E-state index contributed by atoms with van der Waals surface area (Å²) in [6, 6.07) is 2.70. The lowest BCUT2D eigenvalue weighted by atomic mass is 9.52. The predicted octanol–water partition coefficient (Wildman–Crippen LogP) is 2.12. The highest BCUT2D eigenvalue weighted by Crippen LogP contribution is 2.41. The third kappa shape index (κ3) is 6.76. The third-order valence-corrected chi connectivity index (χ3v) is 3.39. The molecule has 15 heteroatoms. The van der Waals surface area contributed by atoms with E-state index < -0.39 is 58.0 Å². The molecule has 0 aliphatic rings. The van der Waals surface area contributed by atoms with Crippen LogP contribution in [0.4, 0.5) is 30.7 Å². The lowest BCUT2D eigenvalue weighted by Gasteiger charge is -2.24. The Kier molecular flexibility index (Phi) is 6.48. The molecule has 0 spiro atoms. The fraction of sp³-hybridized carbons (Fsp3) is 0.188. The summed E-state index contributed by atoms with van der Waals surface area (Å²) < 4.78 is 105. The molecule has 0 amide bonds. The van der Waals surface area contributed by atoms with Gasteiger partial charge in [0.1, 0.15) is 46.4 Å². The molecule has 0 bridgehead atoms. The van der Waals surface area contributed by atoms with Crippen LogP contribution in [0.25, 0.3) is 0 Å². The summed E-state index contributed by atoms with van der Waals surface area (Å²) in [5.74, 6) is -6.05. The van der Waals surface area contributed by atoms with Crippen LogP contribution < -0.4 is 14.2 Å². The van der Waals surface area contributed by atoms with Crippen molar-refractivity contribution >= 4 is 29.5 Å². The van der Waals surface area contributed by atoms with Crippen LogP contribution in [0.3, 0.4) is 0 Å². The number of aromatic carboxylic acids is 1. The van der Waals surface area contributed by atoms with Gasteiger partial charge in [0.2, 0.25) is 0 Å². The third-order valence-electron chi connectivity index (χ3n) is 3.39. The van der Waals surface area contributed by atoms with Crippen LogP contribution in [0.5, 0.6) is 23.0 Å². The SMILES string of the molecule is BC(B)(B)Oc1cc(OC(F)(F)F)ccc1Oc1cc(C(F)(F)F)c(F)cc1C(=O)O. The van der Waals surface area contributed by atoms with Crippen LogP contribution in [-0.4, -0.2) is 46.3 Å². The molecule has 0 fully saturated rings. The van der Waals surface area contributed by atoms with Crippen molar-refractivity contribution in [3.63, 3.8) is 0 Å². The van der Waals surface area contributed by atoms with E-state index in [1.807, 2.05) is 0 Å². The normalized spacial score (nSPS) is 12.4. The second kappa shape index (κ2) is 8.27. The highest BCUT2D eigenvalue weighted by atomic mass is 19.4. The van der Waals surface area contributed by atoms with Crippen LogP contribution in [0.2, 0.25) is 0 Å². The van der Waals surface area contributed by atoms with Crippen LogP contribution in [0.1, 0.15) is 15.9 Å². The van der Waals surface area contributed by atoms with Crippen molar-refractivity contribution in [2.45, 2.75) is 17.8 Å². The van der Waals surface area contributed by atoms with Gasteiger partial charge in [-0.25, -0.2) is 9.18 Å². The summed E-state index contributed by atoms with van der Waals surface area (Å²) in [6.45, 7) is 0. The van der Waals surface area contributed by atoms with Gasteiger partial charge >= 0.3 is 18.5 Å². The molecule has 0 heterocycles. The number of hydrogen-bond acceptors (Lipinski definition) is 4. The van der Waals surface area contributed by atoms with E-state index in [-0.39, 0.29) is 17.9 Å². The first-order valence-corrected chi connectivity index (χ1v) is 8.37. The molecular formula is C16H12B3F7O5. The van der Waals surface area contributed by atoms with Gasteiger partial charge in [-0.15, -0.1) is 13.2 Å². The van der Waals surface area contributed by atoms with E-state index in [1.165, 1.54) is 23.5 Å². The van der Waals surface area contributed by atoms with Gasteiger partial charge in [0, 0.05) is 11.4 Å². The molecule has 31 heavy (non-hydrogen) atoms. The van der Waals surface area contributed by atoms with Gasteiger partial charge in [-0.2, -0.15) is 13.2 Å². The largest absolute Gasteiger partial charge is 0.573 e. The van der Waals surface area contributed by atoms with E-state index >= 15 is 0 Å². The Morgan fingerprint density at radius 3 is 1.97 bits per heavy atom. The first-order chi connectivity index (χ1) is 14.0. The maximum atomic E-state index is 13.8. The van der Waals surface area contributed by atoms with Gasteiger partial charge in [0.05, 0.1) is 5.56 Å². The van der Waals surface area contributed by atoms with Crippen molar-refractivity contribution in [1.82, 2.24) is 0 Å². The number of hydrogen-bond donors (Lipinski definition) is 1. The van der Waals surface area contributed by atoms with E-state index in [4.69, 9.17) is 9.47 Å². The van der Waals surface area contributed by atoms with Gasteiger partial charge in [0.25, 0.3) is 0 Å². The maximum absolute atomic E-state index is 13.8. The van der Waals surface area contributed by atoms with Gasteiger partial charge < -0.3 is 19.3 Å². The molecule has 0 aliphatic carbocycles. The number of carboxylic acid groups (broad SMARTS) is 1. The number of benzene rings is 2. The number of halogens is 7. The van der Waals surface area contributed by atoms with Crippen LogP contribution in [0.15, 0.2) is 30.3 Å². The van der Waals surface area contributed by atoms with E-state index in [9.17, 15) is 40.6 Å². The number of alkyl halides is 6. The minimum Gasteiger partial charge on any atom is -0.510 e. The molecule has 2 rings (SSSR count).